The van der Waals surface area contributed by atoms with Crippen LogP contribution in [0.2, 0.25) is 0 Å². The summed E-state index contributed by atoms with van der Waals surface area (Å²) >= 11 is 0. The molecular weight excluding hydrogens is 345 g/mol. The van der Waals surface area contributed by atoms with Crippen LogP contribution in [0.3, 0.4) is 0 Å². The lowest BCUT2D eigenvalue weighted by Gasteiger charge is -2.19. The Morgan fingerprint density at radius 2 is 1.63 bits per heavy atom. The Balaban J connectivity index is 1.81. The summed E-state index contributed by atoms with van der Waals surface area (Å²) in [7, 11) is 1.70. The molecule has 6 heteroatoms. The Morgan fingerprint density at radius 3 is 2.26 bits per heavy atom. The first-order valence-corrected chi connectivity index (χ1v) is 8.85. The third kappa shape index (κ3) is 6.49. The van der Waals surface area contributed by atoms with Gasteiger partial charge in [0, 0.05) is 5.69 Å². The molecule has 2 aromatic carbocycles. The van der Waals surface area contributed by atoms with E-state index in [2.05, 4.69) is 16.7 Å². The third-order valence-corrected chi connectivity index (χ3v) is 4.36. The number of aryl methyl sites for hydroxylation is 2. The highest BCUT2D eigenvalue weighted by atomic mass is 19.1. The van der Waals surface area contributed by atoms with E-state index < -0.39 is 0 Å². The minimum atomic E-state index is -0.361. The van der Waals surface area contributed by atoms with Gasteiger partial charge >= 0.3 is 0 Å². The van der Waals surface area contributed by atoms with Crippen molar-refractivity contribution in [2.45, 2.75) is 26.8 Å². The number of benzene rings is 2. The Labute approximate surface area is 159 Å². The number of likely N-dealkylation sites (N-methyl/N-ethyl adjacent to an activating group) is 1. The summed E-state index contributed by atoms with van der Waals surface area (Å²) < 4.78 is 12.9. The Hall–Kier alpha value is -2.73. The van der Waals surface area contributed by atoms with E-state index in [1.807, 2.05) is 32.9 Å². The van der Waals surface area contributed by atoms with Crippen LogP contribution in [-0.2, 0) is 9.59 Å². The van der Waals surface area contributed by atoms with Gasteiger partial charge in [-0.1, -0.05) is 18.2 Å². The summed E-state index contributed by atoms with van der Waals surface area (Å²) in [6, 6.07) is 11.5. The van der Waals surface area contributed by atoms with Gasteiger partial charge in [0.05, 0.1) is 19.1 Å². The summed E-state index contributed by atoms with van der Waals surface area (Å²) in [5, 5.41) is 5.62. The summed E-state index contributed by atoms with van der Waals surface area (Å²) in [6.45, 7) is 6.19. The van der Waals surface area contributed by atoms with Gasteiger partial charge in [-0.3, -0.25) is 14.5 Å². The molecule has 0 aromatic heterocycles. The van der Waals surface area contributed by atoms with Crippen molar-refractivity contribution in [1.82, 2.24) is 10.2 Å². The fourth-order valence-electron chi connectivity index (χ4n) is 2.68. The maximum atomic E-state index is 12.9. The van der Waals surface area contributed by atoms with E-state index in [0.29, 0.717) is 5.69 Å². The Kier molecular flexibility index (Phi) is 7.07. The quantitative estimate of drug-likeness (QED) is 0.786. The molecule has 0 fully saturated rings. The average Bonchev–Trinajstić information content (AvgIpc) is 2.58. The van der Waals surface area contributed by atoms with Crippen molar-refractivity contribution >= 4 is 17.5 Å². The number of nitrogens with one attached hydrogen (secondary N) is 2. The van der Waals surface area contributed by atoms with Crippen molar-refractivity contribution in [3.63, 3.8) is 0 Å². The van der Waals surface area contributed by atoms with Crippen LogP contribution in [-0.4, -0.2) is 36.9 Å². The van der Waals surface area contributed by atoms with Crippen LogP contribution >= 0.6 is 0 Å². The first-order chi connectivity index (χ1) is 12.7. The maximum Gasteiger partial charge on any atom is 0.238 e. The molecule has 0 bridgehead atoms. The number of hydrogen-bond acceptors (Lipinski definition) is 3. The van der Waals surface area contributed by atoms with Crippen LogP contribution in [0.5, 0.6) is 0 Å². The van der Waals surface area contributed by atoms with Crippen molar-refractivity contribution in [3.8, 4) is 0 Å². The van der Waals surface area contributed by atoms with Gasteiger partial charge in [0.15, 0.2) is 0 Å². The number of carbonyl (C=O) groups excluding carboxylic acids is 2. The predicted octanol–water partition coefficient (Wildman–Crippen LogP) is 3.19. The molecule has 0 aliphatic heterocycles. The van der Waals surface area contributed by atoms with Crippen molar-refractivity contribution in [1.29, 1.82) is 0 Å². The van der Waals surface area contributed by atoms with Crippen LogP contribution in [0.4, 0.5) is 10.1 Å². The smallest absolute Gasteiger partial charge is 0.238 e. The second-order valence-corrected chi connectivity index (χ2v) is 6.86. The summed E-state index contributed by atoms with van der Waals surface area (Å²) in [5.74, 6) is -0.781. The largest absolute Gasteiger partial charge is 0.348 e. The fraction of sp³-hybridized carbons (Fsp3) is 0.333. The Morgan fingerprint density at radius 1 is 1.00 bits per heavy atom. The number of anilines is 1. The SMILES string of the molecule is Cc1ccc([C@@H](C)NC(=O)CN(C)CC(=O)Nc2ccc(F)cc2)cc1C. The van der Waals surface area contributed by atoms with Crippen molar-refractivity contribution in [3.05, 3.63) is 65.0 Å². The molecule has 0 spiro atoms. The fourth-order valence-corrected chi connectivity index (χ4v) is 2.68. The molecule has 0 aliphatic rings. The van der Waals surface area contributed by atoms with Crippen molar-refractivity contribution < 1.29 is 14.0 Å². The molecule has 2 aromatic rings. The van der Waals surface area contributed by atoms with E-state index in [1.54, 1.807) is 11.9 Å². The first-order valence-electron chi connectivity index (χ1n) is 8.85. The number of hydrogen-bond donors (Lipinski definition) is 2. The topological polar surface area (TPSA) is 61.4 Å². The molecule has 5 nitrogen and oxygen atoms in total. The maximum absolute atomic E-state index is 12.9. The van der Waals surface area contributed by atoms with Crippen LogP contribution in [0.15, 0.2) is 42.5 Å². The second-order valence-electron chi connectivity index (χ2n) is 6.86. The summed E-state index contributed by atoms with van der Waals surface area (Å²) in [4.78, 5) is 25.9. The highest BCUT2D eigenvalue weighted by Crippen LogP contribution is 2.16. The van der Waals surface area contributed by atoms with Gasteiger partial charge in [-0.25, -0.2) is 4.39 Å². The minimum Gasteiger partial charge on any atom is -0.348 e. The van der Waals surface area contributed by atoms with Crippen LogP contribution in [0.25, 0.3) is 0 Å². The molecule has 0 saturated heterocycles. The van der Waals surface area contributed by atoms with E-state index >= 15 is 0 Å². The van der Waals surface area contributed by atoms with Crippen LogP contribution < -0.4 is 10.6 Å². The summed E-state index contributed by atoms with van der Waals surface area (Å²) in [5.41, 5.74) is 3.96. The number of rotatable bonds is 7. The van der Waals surface area contributed by atoms with Crippen molar-refractivity contribution in [2.24, 2.45) is 0 Å². The third-order valence-electron chi connectivity index (χ3n) is 4.36. The van der Waals surface area contributed by atoms with Gasteiger partial charge < -0.3 is 10.6 Å². The molecule has 0 saturated carbocycles. The number of carbonyl (C=O) groups is 2. The molecule has 0 radical (unpaired) electrons. The molecule has 144 valence electrons. The molecule has 0 heterocycles. The number of nitrogens with zero attached hydrogens (tertiary/aromatic N) is 1. The van der Waals surface area contributed by atoms with Crippen molar-refractivity contribution in [2.75, 3.05) is 25.5 Å². The normalized spacial score (nSPS) is 11.9. The molecule has 27 heavy (non-hydrogen) atoms. The molecule has 2 rings (SSSR count). The van der Waals surface area contributed by atoms with Gasteiger partial charge in [-0.05, 0) is 68.8 Å². The zero-order chi connectivity index (χ0) is 20.0. The lowest BCUT2D eigenvalue weighted by molar-refractivity contribution is -0.123. The van der Waals surface area contributed by atoms with Crippen LogP contribution in [0.1, 0.15) is 29.7 Å². The molecule has 2 amide bonds. The number of halogens is 1. The monoisotopic (exact) mass is 371 g/mol. The van der Waals surface area contributed by atoms with E-state index in [4.69, 9.17) is 0 Å². The zero-order valence-electron chi connectivity index (χ0n) is 16.2. The molecule has 2 N–H and O–H groups in total. The predicted molar refractivity (Wildman–Crippen MR) is 105 cm³/mol. The van der Waals surface area contributed by atoms with Crippen LogP contribution in [0, 0.1) is 19.7 Å². The first kappa shape index (κ1) is 20.6. The lowest BCUT2D eigenvalue weighted by Crippen LogP contribution is -2.39. The van der Waals surface area contributed by atoms with E-state index in [0.717, 1.165) is 5.56 Å². The Bertz CT molecular complexity index is 806. The highest BCUT2D eigenvalue weighted by Gasteiger charge is 2.14. The van der Waals surface area contributed by atoms with Gasteiger partial charge in [0.25, 0.3) is 0 Å². The minimum absolute atomic E-state index is 0.0584. The summed E-state index contributed by atoms with van der Waals surface area (Å²) in [6.07, 6.45) is 0. The molecule has 1 atom stereocenters. The van der Waals surface area contributed by atoms with E-state index in [-0.39, 0.29) is 36.8 Å². The van der Waals surface area contributed by atoms with Gasteiger partial charge in [0.1, 0.15) is 5.82 Å². The van der Waals surface area contributed by atoms with E-state index in [9.17, 15) is 14.0 Å². The van der Waals surface area contributed by atoms with Gasteiger partial charge in [0.2, 0.25) is 11.8 Å². The highest BCUT2D eigenvalue weighted by molar-refractivity contribution is 5.92. The average molecular weight is 371 g/mol. The second kappa shape index (κ2) is 9.28. The number of amides is 2. The lowest BCUT2D eigenvalue weighted by atomic mass is 10.0. The van der Waals surface area contributed by atoms with Gasteiger partial charge in [-0.2, -0.15) is 0 Å². The molecule has 0 aliphatic carbocycles. The van der Waals surface area contributed by atoms with E-state index in [1.165, 1.54) is 35.4 Å². The molecule has 0 unspecified atom stereocenters. The molecular formula is C21H26FN3O2. The zero-order valence-corrected chi connectivity index (χ0v) is 16.2. The standard InChI is InChI=1S/C21H26FN3O2/c1-14-5-6-17(11-15(14)2)16(3)23-20(26)12-25(4)13-21(27)24-19-9-7-18(22)8-10-19/h5-11,16H,12-13H2,1-4H3,(H,23,26)(H,24,27)/t16-/m1/s1. The van der Waals surface area contributed by atoms with Gasteiger partial charge in [-0.15, -0.1) is 0 Å².